The van der Waals surface area contributed by atoms with Crippen LogP contribution >= 0.6 is 11.6 Å². The standard InChI is InChI=1S/C12H17ClN2/c1-9(10-4-2-3-5-10)15-11-6-7-14-12(13)8-11/h6-10H,2-5H2,1H3,(H,14,15). The van der Waals surface area contributed by atoms with Crippen LogP contribution in [0.4, 0.5) is 5.69 Å². The maximum Gasteiger partial charge on any atom is 0.131 e. The second-order valence-electron chi connectivity index (χ2n) is 4.34. The minimum atomic E-state index is 0.533. The molecule has 0 aliphatic heterocycles. The summed E-state index contributed by atoms with van der Waals surface area (Å²) in [5, 5.41) is 4.05. The lowest BCUT2D eigenvalue weighted by atomic mass is 10.00. The minimum Gasteiger partial charge on any atom is -0.382 e. The average Bonchev–Trinajstić information content (AvgIpc) is 2.70. The Morgan fingerprint density at radius 2 is 2.20 bits per heavy atom. The van der Waals surface area contributed by atoms with Crippen LogP contribution in [-0.4, -0.2) is 11.0 Å². The molecule has 0 spiro atoms. The quantitative estimate of drug-likeness (QED) is 0.792. The van der Waals surface area contributed by atoms with E-state index in [2.05, 4.69) is 17.2 Å². The van der Waals surface area contributed by atoms with E-state index in [-0.39, 0.29) is 0 Å². The van der Waals surface area contributed by atoms with E-state index in [4.69, 9.17) is 11.6 Å². The Bertz CT molecular complexity index is 321. The molecule has 3 heteroatoms. The number of hydrogen-bond donors (Lipinski definition) is 1. The summed E-state index contributed by atoms with van der Waals surface area (Å²) in [6.45, 7) is 2.25. The lowest BCUT2D eigenvalue weighted by Gasteiger charge is -2.21. The van der Waals surface area contributed by atoms with Crippen molar-refractivity contribution < 1.29 is 0 Å². The van der Waals surface area contributed by atoms with Gasteiger partial charge in [0, 0.05) is 17.9 Å². The van der Waals surface area contributed by atoms with Gasteiger partial charge in [0.15, 0.2) is 0 Å². The predicted octanol–water partition coefficient (Wildman–Crippen LogP) is 3.73. The molecule has 1 heterocycles. The summed E-state index contributed by atoms with van der Waals surface area (Å²) in [7, 11) is 0. The number of aromatic nitrogens is 1. The third kappa shape index (κ3) is 2.85. The summed E-state index contributed by atoms with van der Waals surface area (Å²) in [5.41, 5.74) is 1.08. The summed E-state index contributed by atoms with van der Waals surface area (Å²) in [6.07, 6.45) is 7.22. The van der Waals surface area contributed by atoms with Crippen molar-refractivity contribution in [1.29, 1.82) is 0 Å². The van der Waals surface area contributed by atoms with Gasteiger partial charge in [0.05, 0.1) is 0 Å². The van der Waals surface area contributed by atoms with E-state index in [0.717, 1.165) is 11.6 Å². The molecule has 1 aromatic heterocycles. The lowest BCUT2D eigenvalue weighted by Crippen LogP contribution is -2.23. The van der Waals surface area contributed by atoms with Gasteiger partial charge in [-0.3, -0.25) is 0 Å². The maximum absolute atomic E-state index is 5.84. The number of halogens is 1. The molecule has 0 radical (unpaired) electrons. The summed E-state index contributed by atoms with van der Waals surface area (Å²) in [5.74, 6) is 0.817. The minimum absolute atomic E-state index is 0.533. The van der Waals surface area contributed by atoms with Crippen molar-refractivity contribution in [3.63, 3.8) is 0 Å². The molecule has 1 aliphatic rings. The van der Waals surface area contributed by atoms with E-state index in [0.29, 0.717) is 11.2 Å². The van der Waals surface area contributed by atoms with Gasteiger partial charge in [0.1, 0.15) is 5.15 Å². The van der Waals surface area contributed by atoms with Gasteiger partial charge in [-0.25, -0.2) is 4.98 Å². The first-order chi connectivity index (χ1) is 7.25. The van der Waals surface area contributed by atoms with Crippen molar-refractivity contribution in [2.24, 2.45) is 5.92 Å². The number of nitrogens with one attached hydrogen (secondary N) is 1. The summed E-state index contributed by atoms with van der Waals surface area (Å²) in [4.78, 5) is 3.97. The molecule has 1 aliphatic carbocycles. The monoisotopic (exact) mass is 224 g/mol. The number of nitrogens with zero attached hydrogens (tertiary/aromatic N) is 1. The van der Waals surface area contributed by atoms with Crippen molar-refractivity contribution >= 4 is 17.3 Å². The van der Waals surface area contributed by atoms with E-state index in [9.17, 15) is 0 Å². The second-order valence-corrected chi connectivity index (χ2v) is 4.73. The Morgan fingerprint density at radius 1 is 1.47 bits per heavy atom. The number of pyridine rings is 1. The van der Waals surface area contributed by atoms with E-state index in [1.165, 1.54) is 25.7 Å². The van der Waals surface area contributed by atoms with Crippen LogP contribution in [-0.2, 0) is 0 Å². The molecule has 0 amide bonds. The summed E-state index contributed by atoms with van der Waals surface area (Å²) >= 11 is 5.84. The van der Waals surface area contributed by atoms with Gasteiger partial charge in [-0.05, 0) is 37.8 Å². The van der Waals surface area contributed by atoms with Crippen LogP contribution in [0.5, 0.6) is 0 Å². The van der Waals surface area contributed by atoms with Crippen molar-refractivity contribution in [2.75, 3.05) is 5.32 Å². The molecule has 15 heavy (non-hydrogen) atoms. The molecule has 0 saturated heterocycles. The highest BCUT2D eigenvalue weighted by Gasteiger charge is 2.21. The molecule has 1 unspecified atom stereocenters. The number of anilines is 1. The van der Waals surface area contributed by atoms with Gasteiger partial charge in [0.2, 0.25) is 0 Å². The van der Waals surface area contributed by atoms with Crippen molar-refractivity contribution in [3.8, 4) is 0 Å². The Hall–Kier alpha value is -0.760. The van der Waals surface area contributed by atoms with Gasteiger partial charge >= 0.3 is 0 Å². The highest BCUT2D eigenvalue weighted by atomic mass is 35.5. The van der Waals surface area contributed by atoms with Gasteiger partial charge in [-0.1, -0.05) is 24.4 Å². The topological polar surface area (TPSA) is 24.9 Å². The van der Waals surface area contributed by atoms with Crippen LogP contribution < -0.4 is 5.32 Å². The third-order valence-electron chi connectivity index (χ3n) is 3.23. The van der Waals surface area contributed by atoms with E-state index >= 15 is 0 Å². The van der Waals surface area contributed by atoms with Crippen LogP contribution in [0.3, 0.4) is 0 Å². The Balaban J connectivity index is 1.95. The van der Waals surface area contributed by atoms with Crippen molar-refractivity contribution in [2.45, 2.75) is 38.6 Å². The molecule has 2 rings (SSSR count). The van der Waals surface area contributed by atoms with Gasteiger partial charge in [-0.15, -0.1) is 0 Å². The maximum atomic E-state index is 5.84. The molecule has 0 bridgehead atoms. The molecule has 1 aromatic rings. The normalized spacial score (nSPS) is 19.1. The summed E-state index contributed by atoms with van der Waals surface area (Å²) < 4.78 is 0. The fourth-order valence-corrected chi connectivity index (χ4v) is 2.50. The van der Waals surface area contributed by atoms with E-state index in [1.807, 2.05) is 12.1 Å². The number of rotatable bonds is 3. The SMILES string of the molecule is CC(Nc1ccnc(Cl)c1)C1CCCC1. The van der Waals surface area contributed by atoms with Crippen LogP contribution in [0.25, 0.3) is 0 Å². The first-order valence-corrected chi connectivity index (χ1v) is 6.01. The van der Waals surface area contributed by atoms with Crippen LogP contribution in [0.1, 0.15) is 32.6 Å². The van der Waals surface area contributed by atoms with Gasteiger partial charge < -0.3 is 5.32 Å². The largest absolute Gasteiger partial charge is 0.382 e. The molecule has 2 nitrogen and oxygen atoms in total. The third-order valence-corrected chi connectivity index (χ3v) is 3.43. The first-order valence-electron chi connectivity index (χ1n) is 5.64. The lowest BCUT2D eigenvalue weighted by molar-refractivity contribution is 0.482. The van der Waals surface area contributed by atoms with E-state index < -0.39 is 0 Å². The predicted molar refractivity (Wildman–Crippen MR) is 64.3 cm³/mol. The second kappa shape index (κ2) is 4.84. The molecule has 1 atom stereocenters. The Labute approximate surface area is 96.1 Å². The Kier molecular flexibility index (Phi) is 3.47. The summed E-state index contributed by atoms with van der Waals surface area (Å²) in [6, 6.07) is 4.38. The zero-order valence-electron chi connectivity index (χ0n) is 9.04. The zero-order chi connectivity index (χ0) is 10.7. The molecule has 0 aromatic carbocycles. The van der Waals surface area contributed by atoms with Gasteiger partial charge in [-0.2, -0.15) is 0 Å². The fourth-order valence-electron chi connectivity index (χ4n) is 2.33. The molecule has 1 saturated carbocycles. The average molecular weight is 225 g/mol. The molecule has 1 fully saturated rings. The molecular formula is C12H17ClN2. The van der Waals surface area contributed by atoms with E-state index in [1.54, 1.807) is 6.20 Å². The zero-order valence-corrected chi connectivity index (χ0v) is 9.80. The Morgan fingerprint density at radius 3 is 2.87 bits per heavy atom. The fraction of sp³-hybridized carbons (Fsp3) is 0.583. The van der Waals surface area contributed by atoms with Crippen molar-refractivity contribution in [3.05, 3.63) is 23.5 Å². The van der Waals surface area contributed by atoms with Crippen molar-refractivity contribution in [1.82, 2.24) is 4.98 Å². The highest BCUT2D eigenvalue weighted by molar-refractivity contribution is 6.29. The smallest absolute Gasteiger partial charge is 0.131 e. The first kappa shape index (κ1) is 10.7. The van der Waals surface area contributed by atoms with Crippen LogP contribution in [0.15, 0.2) is 18.3 Å². The van der Waals surface area contributed by atoms with Crippen LogP contribution in [0, 0.1) is 5.92 Å². The molecule has 1 N–H and O–H groups in total. The molecule has 82 valence electrons. The highest BCUT2D eigenvalue weighted by Crippen LogP contribution is 2.29. The van der Waals surface area contributed by atoms with Gasteiger partial charge in [0.25, 0.3) is 0 Å². The number of hydrogen-bond acceptors (Lipinski definition) is 2. The molecular weight excluding hydrogens is 208 g/mol. The van der Waals surface area contributed by atoms with Crippen LogP contribution in [0.2, 0.25) is 5.15 Å².